The monoisotopic (exact) mass is 368 g/mol. The number of nitrogens with one attached hydrogen (secondary N) is 1. The van der Waals surface area contributed by atoms with Crippen LogP contribution in [0.5, 0.6) is 5.75 Å². The first-order valence-corrected chi connectivity index (χ1v) is 8.71. The standard InChI is InChI=1S/C20H24N4O3/c1-13-21-10-9-17(22-13)24(12-20(2,3)4)23-19(25)16-11-14-7-6-8-15(26-5)18(14)27-16/h6-11H,12H2,1-5H3,(H,23,25). The van der Waals surface area contributed by atoms with Crippen LogP contribution >= 0.6 is 0 Å². The predicted molar refractivity (Wildman–Crippen MR) is 104 cm³/mol. The summed E-state index contributed by atoms with van der Waals surface area (Å²) >= 11 is 0. The molecule has 2 heterocycles. The number of fused-ring (bicyclic) bond motifs is 1. The van der Waals surface area contributed by atoms with Crippen LogP contribution in [0.4, 0.5) is 5.82 Å². The molecule has 1 aromatic carbocycles. The highest BCUT2D eigenvalue weighted by Crippen LogP contribution is 2.28. The van der Waals surface area contributed by atoms with Crippen molar-refractivity contribution < 1.29 is 13.9 Å². The van der Waals surface area contributed by atoms with Gasteiger partial charge in [0, 0.05) is 24.2 Å². The van der Waals surface area contributed by atoms with Crippen molar-refractivity contribution in [3.05, 3.63) is 48.1 Å². The largest absolute Gasteiger partial charge is 0.493 e. The molecule has 0 fully saturated rings. The van der Waals surface area contributed by atoms with Crippen LogP contribution in [0.2, 0.25) is 0 Å². The average Bonchev–Trinajstić information content (AvgIpc) is 3.04. The van der Waals surface area contributed by atoms with Crippen molar-refractivity contribution in [2.45, 2.75) is 27.7 Å². The second-order valence-corrected chi connectivity index (χ2v) is 7.54. The van der Waals surface area contributed by atoms with Crippen LogP contribution in [0.3, 0.4) is 0 Å². The van der Waals surface area contributed by atoms with Gasteiger partial charge in [-0.05, 0) is 24.5 Å². The van der Waals surface area contributed by atoms with Crippen molar-refractivity contribution in [1.82, 2.24) is 15.4 Å². The smallest absolute Gasteiger partial charge is 0.305 e. The second-order valence-electron chi connectivity index (χ2n) is 7.54. The molecule has 2 aromatic heterocycles. The summed E-state index contributed by atoms with van der Waals surface area (Å²) in [7, 11) is 1.57. The molecule has 0 aliphatic rings. The van der Waals surface area contributed by atoms with Gasteiger partial charge in [-0.25, -0.2) is 9.97 Å². The number of hydrogen-bond acceptors (Lipinski definition) is 6. The second kappa shape index (κ2) is 7.26. The molecule has 3 rings (SSSR count). The van der Waals surface area contributed by atoms with E-state index in [0.717, 1.165) is 5.39 Å². The van der Waals surface area contributed by atoms with Crippen LogP contribution in [0.15, 0.2) is 40.9 Å². The highest BCUT2D eigenvalue weighted by molar-refractivity contribution is 5.97. The Balaban J connectivity index is 1.90. The fraction of sp³-hybridized carbons (Fsp3) is 0.350. The predicted octanol–water partition coefficient (Wildman–Crippen LogP) is 3.74. The zero-order valence-corrected chi connectivity index (χ0v) is 16.2. The summed E-state index contributed by atoms with van der Waals surface area (Å²) in [4.78, 5) is 21.4. The van der Waals surface area contributed by atoms with Crippen LogP contribution < -0.4 is 15.2 Å². The van der Waals surface area contributed by atoms with Gasteiger partial charge < -0.3 is 9.15 Å². The first-order chi connectivity index (χ1) is 12.8. The molecule has 0 atom stereocenters. The Morgan fingerprint density at radius 3 is 2.74 bits per heavy atom. The third-order valence-corrected chi connectivity index (χ3v) is 3.86. The van der Waals surface area contributed by atoms with E-state index in [1.165, 1.54) is 0 Å². The van der Waals surface area contributed by atoms with Gasteiger partial charge in [-0.3, -0.25) is 15.2 Å². The number of methoxy groups -OCH3 is 1. The maximum atomic E-state index is 12.8. The molecule has 0 aliphatic heterocycles. The Bertz CT molecular complexity index is 959. The number of amides is 1. The molecule has 0 bridgehead atoms. The summed E-state index contributed by atoms with van der Waals surface area (Å²) in [5.41, 5.74) is 3.38. The SMILES string of the molecule is COc1cccc2cc(C(=O)NN(CC(C)(C)C)c3ccnc(C)n3)oc12. The Labute approximate surface area is 158 Å². The number of aromatic nitrogens is 2. The first-order valence-electron chi connectivity index (χ1n) is 8.71. The Hall–Kier alpha value is -3.09. The zero-order valence-electron chi connectivity index (χ0n) is 16.2. The van der Waals surface area contributed by atoms with E-state index < -0.39 is 0 Å². The maximum Gasteiger partial charge on any atom is 0.305 e. The number of benzene rings is 1. The third-order valence-electron chi connectivity index (χ3n) is 3.86. The van der Waals surface area contributed by atoms with Crippen LogP contribution in [-0.2, 0) is 0 Å². The van der Waals surface area contributed by atoms with Crippen molar-refractivity contribution >= 4 is 22.7 Å². The number of hydrazine groups is 1. The van der Waals surface area contributed by atoms with Gasteiger partial charge >= 0.3 is 5.91 Å². The lowest BCUT2D eigenvalue weighted by molar-refractivity contribution is 0.0919. The van der Waals surface area contributed by atoms with Crippen molar-refractivity contribution in [3.8, 4) is 5.75 Å². The first kappa shape index (κ1) is 18.7. The summed E-state index contributed by atoms with van der Waals surface area (Å²) in [6.07, 6.45) is 1.67. The molecule has 7 heteroatoms. The number of hydrogen-bond donors (Lipinski definition) is 1. The normalized spacial score (nSPS) is 11.4. The summed E-state index contributed by atoms with van der Waals surface area (Å²) < 4.78 is 11.0. The number of carbonyl (C=O) groups is 1. The van der Waals surface area contributed by atoms with E-state index in [-0.39, 0.29) is 17.1 Å². The van der Waals surface area contributed by atoms with Gasteiger partial charge in [-0.15, -0.1) is 0 Å². The van der Waals surface area contributed by atoms with E-state index in [9.17, 15) is 4.79 Å². The molecule has 1 N–H and O–H groups in total. The van der Waals surface area contributed by atoms with E-state index in [2.05, 4.69) is 36.2 Å². The molecule has 27 heavy (non-hydrogen) atoms. The molecular formula is C20H24N4O3. The summed E-state index contributed by atoms with van der Waals surface area (Å²) in [5, 5.41) is 2.53. The molecule has 0 aliphatic carbocycles. The molecule has 3 aromatic rings. The molecule has 0 radical (unpaired) electrons. The molecule has 0 saturated carbocycles. The van der Waals surface area contributed by atoms with E-state index in [1.807, 2.05) is 19.1 Å². The number of carbonyl (C=O) groups excluding carboxylic acids is 1. The van der Waals surface area contributed by atoms with Gasteiger partial charge in [0.1, 0.15) is 5.82 Å². The number of furan rings is 1. The van der Waals surface area contributed by atoms with Gasteiger partial charge in [0.2, 0.25) is 0 Å². The number of para-hydroxylation sites is 1. The number of rotatable bonds is 5. The van der Waals surface area contributed by atoms with Crippen LogP contribution in [-0.4, -0.2) is 29.5 Å². The number of nitrogens with zero attached hydrogens (tertiary/aromatic N) is 3. The number of anilines is 1. The van der Waals surface area contributed by atoms with Crippen molar-refractivity contribution in [1.29, 1.82) is 0 Å². The highest BCUT2D eigenvalue weighted by Gasteiger charge is 2.22. The van der Waals surface area contributed by atoms with Gasteiger partial charge in [-0.1, -0.05) is 32.9 Å². The fourth-order valence-corrected chi connectivity index (χ4v) is 2.73. The van der Waals surface area contributed by atoms with Crippen LogP contribution in [0.1, 0.15) is 37.2 Å². The lowest BCUT2D eigenvalue weighted by Crippen LogP contribution is -2.47. The molecular weight excluding hydrogens is 344 g/mol. The summed E-state index contributed by atoms with van der Waals surface area (Å²) in [6, 6.07) is 8.99. The average molecular weight is 368 g/mol. The van der Waals surface area contributed by atoms with E-state index in [0.29, 0.717) is 29.5 Å². The van der Waals surface area contributed by atoms with Gasteiger partial charge in [-0.2, -0.15) is 0 Å². The summed E-state index contributed by atoms with van der Waals surface area (Å²) in [5.74, 6) is 1.70. The lowest BCUT2D eigenvalue weighted by Gasteiger charge is -2.30. The zero-order chi connectivity index (χ0) is 19.6. The van der Waals surface area contributed by atoms with Crippen molar-refractivity contribution in [2.75, 3.05) is 18.7 Å². The molecule has 1 amide bonds. The van der Waals surface area contributed by atoms with Crippen molar-refractivity contribution in [2.24, 2.45) is 5.41 Å². The quantitative estimate of drug-likeness (QED) is 0.691. The summed E-state index contributed by atoms with van der Waals surface area (Å²) in [6.45, 7) is 8.65. The van der Waals surface area contributed by atoms with Crippen molar-refractivity contribution in [3.63, 3.8) is 0 Å². The molecule has 0 saturated heterocycles. The minimum Gasteiger partial charge on any atom is -0.493 e. The lowest BCUT2D eigenvalue weighted by atomic mass is 9.97. The third kappa shape index (κ3) is 4.36. The molecule has 0 spiro atoms. The van der Waals surface area contributed by atoms with E-state index >= 15 is 0 Å². The molecule has 142 valence electrons. The van der Waals surface area contributed by atoms with Gasteiger partial charge in [0.25, 0.3) is 0 Å². The van der Waals surface area contributed by atoms with Gasteiger partial charge in [0.05, 0.1) is 7.11 Å². The van der Waals surface area contributed by atoms with E-state index in [4.69, 9.17) is 9.15 Å². The Morgan fingerprint density at radius 1 is 1.30 bits per heavy atom. The van der Waals surface area contributed by atoms with Crippen LogP contribution in [0.25, 0.3) is 11.0 Å². The number of ether oxygens (including phenoxy) is 1. The minimum atomic E-state index is -0.353. The highest BCUT2D eigenvalue weighted by atomic mass is 16.5. The topological polar surface area (TPSA) is 80.5 Å². The van der Waals surface area contributed by atoms with Crippen LogP contribution in [0, 0.1) is 12.3 Å². The molecule has 7 nitrogen and oxygen atoms in total. The fourth-order valence-electron chi connectivity index (χ4n) is 2.73. The Kier molecular flexibility index (Phi) is 5.03. The van der Waals surface area contributed by atoms with E-state index in [1.54, 1.807) is 36.5 Å². The number of aryl methyl sites for hydroxylation is 1. The molecule has 0 unspecified atom stereocenters. The Morgan fingerprint density at radius 2 is 2.07 bits per heavy atom. The minimum absolute atomic E-state index is 0.0662. The maximum absolute atomic E-state index is 12.8. The van der Waals surface area contributed by atoms with Gasteiger partial charge in [0.15, 0.2) is 22.9 Å².